The second kappa shape index (κ2) is 4.97. The average molecular weight is 321 g/mol. The summed E-state index contributed by atoms with van der Waals surface area (Å²) < 4.78 is 8.10. The molecular weight excluding hydrogens is 302 g/mol. The molecule has 3 heterocycles. The molecule has 24 heavy (non-hydrogen) atoms. The molecule has 1 aliphatic carbocycles. The van der Waals surface area contributed by atoms with Crippen LogP contribution in [-0.4, -0.2) is 14.8 Å². The molecule has 0 radical (unpaired) electrons. The summed E-state index contributed by atoms with van der Waals surface area (Å²) in [6, 6.07) is 4.98. The minimum atomic E-state index is -0.0290. The Hall–Kier alpha value is -2.56. The first-order valence-electron chi connectivity index (χ1n) is 8.62. The molecule has 3 aromatic heterocycles. The van der Waals surface area contributed by atoms with Gasteiger partial charge in [0, 0.05) is 35.6 Å². The van der Waals surface area contributed by atoms with Crippen LogP contribution >= 0.6 is 0 Å². The Labute approximate surface area is 138 Å². The van der Waals surface area contributed by atoms with E-state index in [1.54, 1.807) is 12.1 Å². The zero-order chi connectivity index (χ0) is 16.3. The van der Waals surface area contributed by atoms with E-state index in [-0.39, 0.29) is 5.43 Å². The molecule has 1 N–H and O–H groups in total. The zero-order valence-electron chi connectivity index (χ0n) is 13.6. The third-order valence-electron chi connectivity index (χ3n) is 5.36. The van der Waals surface area contributed by atoms with Crippen LogP contribution in [0.3, 0.4) is 0 Å². The molecule has 1 aliphatic rings. The van der Waals surface area contributed by atoms with Gasteiger partial charge in [-0.2, -0.15) is 0 Å². The van der Waals surface area contributed by atoms with Crippen molar-refractivity contribution in [3.05, 3.63) is 40.2 Å². The number of aromatic amines is 1. The maximum absolute atomic E-state index is 11.7. The van der Waals surface area contributed by atoms with Gasteiger partial charge in [0.1, 0.15) is 11.1 Å². The Balaban J connectivity index is 1.94. The van der Waals surface area contributed by atoms with Crippen LogP contribution in [-0.2, 0) is 7.05 Å². The Morgan fingerprint density at radius 3 is 2.88 bits per heavy atom. The fourth-order valence-corrected chi connectivity index (χ4v) is 4.18. The van der Waals surface area contributed by atoms with Crippen molar-refractivity contribution in [1.29, 1.82) is 0 Å². The number of furan rings is 1. The van der Waals surface area contributed by atoms with Crippen molar-refractivity contribution in [2.24, 2.45) is 7.05 Å². The predicted molar refractivity (Wildman–Crippen MR) is 94.4 cm³/mol. The number of benzene rings is 1. The lowest BCUT2D eigenvalue weighted by atomic mass is 9.83. The van der Waals surface area contributed by atoms with Crippen molar-refractivity contribution in [3.8, 4) is 0 Å². The summed E-state index contributed by atoms with van der Waals surface area (Å²) in [6.07, 6.45) is 8.24. The lowest BCUT2D eigenvalue weighted by Crippen LogP contribution is -2.06. The number of H-pyrrole nitrogens is 1. The third-order valence-corrected chi connectivity index (χ3v) is 5.36. The van der Waals surface area contributed by atoms with Gasteiger partial charge in [-0.3, -0.25) is 9.48 Å². The normalized spacial score (nSPS) is 16.5. The van der Waals surface area contributed by atoms with Gasteiger partial charge in [-0.15, -0.1) is 0 Å². The molecule has 0 amide bonds. The number of hydrogen-bond donors (Lipinski definition) is 1. The van der Waals surface area contributed by atoms with E-state index in [2.05, 4.69) is 5.10 Å². The summed E-state index contributed by atoms with van der Waals surface area (Å²) in [5.41, 5.74) is 4.54. The van der Waals surface area contributed by atoms with Crippen molar-refractivity contribution in [2.45, 2.75) is 38.0 Å². The predicted octanol–water partition coefficient (Wildman–Crippen LogP) is 4.21. The lowest BCUT2D eigenvalue weighted by Gasteiger charge is -2.22. The number of nitrogens with one attached hydrogen (secondary N) is 1. The Morgan fingerprint density at radius 1 is 1.21 bits per heavy atom. The van der Waals surface area contributed by atoms with Gasteiger partial charge in [0.05, 0.1) is 0 Å². The number of rotatable bonds is 1. The van der Waals surface area contributed by atoms with E-state index in [0.717, 1.165) is 27.5 Å². The standard InChI is InChI=1S/C19H19N3O2/c1-22-19-14(10-20-22)16(11-5-3-2-4-6-11)18-17(21-19)13-8-7-12(23)9-15(13)24-18/h7-11,20H,2-6H2,1H3. The van der Waals surface area contributed by atoms with E-state index in [9.17, 15) is 4.79 Å². The highest BCUT2D eigenvalue weighted by atomic mass is 16.3. The maximum Gasteiger partial charge on any atom is 0.182 e. The highest BCUT2D eigenvalue weighted by Gasteiger charge is 2.25. The van der Waals surface area contributed by atoms with Crippen molar-refractivity contribution < 1.29 is 4.42 Å². The molecule has 1 saturated carbocycles. The molecule has 0 saturated heterocycles. The van der Waals surface area contributed by atoms with Crippen molar-refractivity contribution in [1.82, 2.24) is 14.8 Å². The number of pyridine rings is 1. The van der Waals surface area contributed by atoms with Crippen LogP contribution in [0.4, 0.5) is 0 Å². The number of fused-ring (bicyclic) bond motifs is 4. The summed E-state index contributed by atoms with van der Waals surface area (Å²) in [4.78, 5) is 16.5. The van der Waals surface area contributed by atoms with E-state index in [4.69, 9.17) is 9.40 Å². The second-order valence-electron chi connectivity index (χ2n) is 6.87. The minimum Gasteiger partial charge on any atom is -0.454 e. The van der Waals surface area contributed by atoms with Gasteiger partial charge in [-0.25, -0.2) is 4.98 Å². The molecule has 0 spiro atoms. The van der Waals surface area contributed by atoms with Gasteiger partial charge in [-0.05, 0) is 30.9 Å². The van der Waals surface area contributed by atoms with Gasteiger partial charge in [-0.1, -0.05) is 19.3 Å². The van der Waals surface area contributed by atoms with Crippen LogP contribution in [0.1, 0.15) is 43.6 Å². The van der Waals surface area contributed by atoms with Gasteiger partial charge >= 0.3 is 0 Å². The number of aryl methyl sites for hydroxylation is 1. The zero-order valence-corrected chi connectivity index (χ0v) is 13.6. The molecule has 5 heteroatoms. The summed E-state index contributed by atoms with van der Waals surface area (Å²) in [6.45, 7) is 0. The average Bonchev–Trinajstić information content (AvgIpc) is 3.14. The molecule has 5 nitrogen and oxygen atoms in total. The summed E-state index contributed by atoms with van der Waals surface area (Å²) >= 11 is 0. The largest absolute Gasteiger partial charge is 0.454 e. The topological polar surface area (TPSA) is 63.8 Å². The molecule has 122 valence electrons. The van der Waals surface area contributed by atoms with E-state index >= 15 is 0 Å². The van der Waals surface area contributed by atoms with Gasteiger partial charge in [0.2, 0.25) is 0 Å². The van der Waals surface area contributed by atoms with Crippen LogP contribution < -0.4 is 5.43 Å². The SMILES string of the molecule is Cn1[nH]cc2c(C3CCCCC3)c3oc4cc(=O)ccc4c3nc21. The molecular formula is C19H19N3O2. The summed E-state index contributed by atoms with van der Waals surface area (Å²) in [7, 11) is 1.98. The van der Waals surface area contributed by atoms with E-state index in [0.29, 0.717) is 11.5 Å². The van der Waals surface area contributed by atoms with E-state index in [1.807, 2.05) is 24.0 Å². The first-order chi connectivity index (χ1) is 11.7. The fraction of sp³-hybridized carbons (Fsp3) is 0.368. The van der Waals surface area contributed by atoms with Crippen molar-refractivity contribution in [3.63, 3.8) is 0 Å². The van der Waals surface area contributed by atoms with Crippen LogP contribution in [0.15, 0.2) is 33.6 Å². The molecule has 5 rings (SSSR count). The van der Waals surface area contributed by atoms with Crippen LogP contribution in [0, 0.1) is 0 Å². The summed E-state index contributed by atoms with van der Waals surface area (Å²) in [5.74, 6) is 0.495. The number of aromatic nitrogens is 3. The number of hydrogen-bond acceptors (Lipinski definition) is 3. The molecule has 4 aromatic rings. The fourth-order valence-electron chi connectivity index (χ4n) is 4.18. The van der Waals surface area contributed by atoms with Crippen molar-refractivity contribution in [2.75, 3.05) is 0 Å². The van der Waals surface area contributed by atoms with Gasteiger partial charge in [0.15, 0.2) is 16.7 Å². The monoisotopic (exact) mass is 321 g/mol. The number of nitrogens with zero attached hydrogens (tertiary/aromatic N) is 2. The smallest absolute Gasteiger partial charge is 0.182 e. The van der Waals surface area contributed by atoms with Gasteiger partial charge in [0.25, 0.3) is 0 Å². The highest BCUT2D eigenvalue weighted by molar-refractivity contribution is 6.07. The van der Waals surface area contributed by atoms with E-state index in [1.165, 1.54) is 37.7 Å². The summed E-state index contributed by atoms with van der Waals surface area (Å²) in [5, 5.41) is 5.30. The lowest BCUT2D eigenvalue weighted by molar-refractivity contribution is 0.444. The quantitative estimate of drug-likeness (QED) is 0.571. The van der Waals surface area contributed by atoms with Crippen LogP contribution in [0.25, 0.3) is 33.1 Å². The van der Waals surface area contributed by atoms with Crippen LogP contribution in [0.5, 0.6) is 0 Å². The first-order valence-corrected chi connectivity index (χ1v) is 8.62. The molecule has 1 aromatic carbocycles. The van der Waals surface area contributed by atoms with Crippen molar-refractivity contribution >= 4 is 33.1 Å². The van der Waals surface area contributed by atoms with Crippen LogP contribution in [0.2, 0.25) is 0 Å². The maximum atomic E-state index is 11.7. The molecule has 0 aliphatic heterocycles. The molecule has 0 bridgehead atoms. The first kappa shape index (κ1) is 13.8. The Bertz CT molecular complexity index is 1130. The third kappa shape index (κ3) is 1.87. The second-order valence-corrected chi connectivity index (χ2v) is 6.87. The Kier molecular flexibility index (Phi) is 2.86. The highest BCUT2D eigenvalue weighted by Crippen LogP contribution is 2.42. The Morgan fingerprint density at radius 2 is 2.04 bits per heavy atom. The van der Waals surface area contributed by atoms with Gasteiger partial charge < -0.3 is 9.52 Å². The molecule has 0 atom stereocenters. The minimum absolute atomic E-state index is 0.0290. The molecule has 0 unspecified atom stereocenters. The molecule has 1 fully saturated rings. The van der Waals surface area contributed by atoms with E-state index < -0.39 is 0 Å².